The number of hydrogen-bond acceptors (Lipinski definition) is 6. The van der Waals surface area contributed by atoms with E-state index in [0.29, 0.717) is 22.2 Å². The van der Waals surface area contributed by atoms with E-state index in [4.69, 9.17) is 31.1 Å². The Kier molecular flexibility index (Phi) is 7.06. The highest BCUT2D eigenvalue weighted by Crippen LogP contribution is 2.39. The summed E-state index contributed by atoms with van der Waals surface area (Å²) in [5.41, 5.74) is 2.06. The average molecular weight is 472 g/mol. The highest BCUT2D eigenvalue weighted by Gasteiger charge is 2.37. The van der Waals surface area contributed by atoms with Gasteiger partial charge in [-0.1, -0.05) is 41.9 Å². The van der Waals surface area contributed by atoms with Crippen LogP contribution in [-0.2, 0) is 4.79 Å². The number of methoxy groups -OCH3 is 2. The molecule has 1 aliphatic heterocycles. The lowest BCUT2D eigenvalue weighted by molar-refractivity contribution is -0.113. The lowest BCUT2D eigenvalue weighted by Crippen LogP contribution is -2.25. The van der Waals surface area contributed by atoms with E-state index in [-0.39, 0.29) is 17.3 Å². The molecule has 1 aliphatic carbocycles. The number of carbonyl (C=O) groups is 1. The van der Waals surface area contributed by atoms with Crippen LogP contribution in [0.4, 0.5) is 5.69 Å². The molecule has 168 valence electrons. The predicted molar refractivity (Wildman–Crippen MR) is 132 cm³/mol. The van der Waals surface area contributed by atoms with E-state index in [1.54, 1.807) is 32.4 Å². The van der Waals surface area contributed by atoms with Gasteiger partial charge in [0.05, 0.1) is 25.7 Å². The summed E-state index contributed by atoms with van der Waals surface area (Å²) in [6.45, 7) is 0. The Labute approximate surface area is 197 Å². The Balaban J connectivity index is 1.49. The number of nitrogens with zero attached hydrogens (tertiary/aromatic N) is 2. The fourth-order valence-corrected chi connectivity index (χ4v) is 4.97. The van der Waals surface area contributed by atoms with Gasteiger partial charge in [0, 0.05) is 34.5 Å². The van der Waals surface area contributed by atoms with E-state index < -0.39 is 0 Å². The molecule has 0 bridgehead atoms. The largest absolute Gasteiger partial charge is 0.497 e. The van der Waals surface area contributed by atoms with Crippen LogP contribution in [0.15, 0.2) is 52.4 Å². The number of benzene rings is 2. The number of nitrogens with one attached hydrogen (secondary N) is 1. The van der Waals surface area contributed by atoms with Crippen molar-refractivity contribution in [3.63, 3.8) is 0 Å². The summed E-state index contributed by atoms with van der Waals surface area (Å²) in [5, 5.41) is 4.41. The van der Waals surface area contributed by atoms with E-state index >= 15 is 0 Å². The molecule has 0 radical (unpaired) electrons. The van der Waals surface area contributed by atoms with Crippen molar-refractivity contribution < 1.29 is 14.3 Å². The van der Waals surface area contributed by atoms with Crippen LogP contribution in [0.5, 0.6) is 11.5 Å². The Hall–Kier alpha value is -2.51. The molecule has 1 fully saturated rings. The number of rotatable bonds is 6. The third kappa shape index (κ3) is 5.27. The molecule has 1 amide bonds. The highest BCUT2D eigenvalue weighted by atomic mass is 35.5. The van der Waals surface area contributed by atoms with Crippen LogP contribution in [0, 0.1) is 0 Å². The smallest absolute Gasteiger partial charge is 0.234 e. The molecule has 6 nitrogen and oxygen atoms in total. The van der Waals surface area contributed by atoms with E-state index in [1.807, 2.05) is 24.3 Å². The van der Waals surface area contributed by atoms with E-state index in [1.165, 1.54) is 18.2 Å². The van der Waals surface area contributed by atoms with Crippen molar-refractivity contribution in [3.8, 4) is 11.5 Å². The van der Waals surface area contributed by atoms with Crippen molar-refractivity contribution in [3.05, 3.63) is 53.1 Å². The highest BCUT2D eigenvalue weighted by molar-refractivity contribution is 8.16. The van der Waals surface area contributed by atoms with Gasteiger partial charge in [0.25, 0.3) is 0 Å². The SMILES string of the molecule is COc1cc(NC(=O)CSC2=NC3(CCCCC3)N=C2c2ccc(Cl)cc2)cc(OC)c1. The summed E-state index contributed by atoms with van der Waals surface area (Å²) in [6, 6.07) is 12.9. The van der Waals surface area contributed by atoms with Crippen molar-refractivity contribution >= 4 is 45.7 Å². The fourth-order valence-electron chi connectivity index (χ4n) is 3.97. The second-order valence-electron chi connectivity index (χ2n) is 7.87. The number of aliphatic imine (C=N–C) groups is 2. The number of ether oxygens (including phenoxy) is 2. The minimum Gasteiger partial charge on any atom is -0.497 e. The van der Waals surface area contributed by atoms with Gasteiger partial charge in [-0.25, -0.2) is 4.99 Å². The molecule has 2 aromatic rings. The van der Waals surface area contributed by atoms with E-state index in [0.717, 1.165) is 42.0 Å². The van der Waals surface area contributed by atoms with Gasteiger partial charge in [0.1, 0.15) is 16.5 Å². The molecular weight excluding hydrogens is 446 g/mol. The summed E-state index contributed by atoms with van der Waals surface area (Å²) >= 11 is 7.49. The number of halogens is 1. The normalized spacial score (nSPS) is 17.0. The summed E-state index contributed by atoms with van der Waals surface area (Å²) in [6.07, 6.45) is 5.36. The first-order chi connectivity index (χ1) is 15.5. The fraction of sp³-hybridized carbons (Fsp3) is 0.375. The van der Waals surface area contributed by atoms with Crippen LogP contribution in [0.2, 0.25) is 5.02 Å². The standard InChI is InChI=1S/C24H26ClN3O3S/c1-30-19-12-18(13-20(14-19)31-2)26-21(29)15-32-23-22(16-6-8-17(25)9-7-16)27-24(28-23)10-4-3-5-11-24/h6-9,12-14H,3-5,10-11,15H2,1-2H3,(H,26,29). The van der Waals surface area contributed by atoms with Gasteiger partial charge in [-0.05, 0) is 37.8 Å². The minimum absolute atomic E-state index is 0.131. The number of amides is 1. The van der Waals surface area contributed by atoms with Crippen molar-refractivity contribution in [2.45, 2.75) is 37.8 Å². The zero-order chi connectivity index (χ0) is 22.6. The first-order valence-electron chi connectivity index (χ1n) is 10.6. The third-order valence-electron chi connectivity index (χ3n) is 5.58. The van der Waals surface area contributed by atoms with Crippen molar-refractivity contribution in [1.82, 2.24) is 0 Å². The summed E-state index contributed by atoms with van der Waals surface area (Å²) < 4.78 is 10.5. The molecule has 2 aromatic carbocycles. The first kappa shape index (κ1) is 22.7. The van der Waals surface area contributed by atoms with Crippen molar-refractivity contribution in [2.75, 3.05) is 25.3 Å². The molecular formula is C24H26ClN3O3S. The molecule has 0 atom stereocenters. The van der Waals surface area contributed by atoms with Gasteiger partial charge in [0.15, 0.2) is 5.66 Å². The summed E-state index contributed by atoms with van der Waals surface area (Å²) in [4.78, 5) is 22.8. The second kappa shape index (κ2) is 9.96. The zero-order valence-electron chi connectivity index (χ0n) is 18.2. The van der Waals surface area contributed by atoms with Gasteiger partial charge in [0.2, 0.25) is 5.91 Å². The second-order valence-corrected chi connectivity index (χ2v) is 9.27. The monoisotopic (exact) mass is 471 g/mol. The molecule has 2 aliphatic rings. The topological polar surface area (TPSA) is 72.3 Å². The number of carbonyl (C=O) groups excluding carboxylic acids is 1. The van der Waals surface area contributed by atoms with E-state index in [9.17, 15) is 4.79 Å². The summed E-state index contributed by atoms with van der Waals surface area (Å²) in [7, 11) is 3.15. The van der Waals surface area contributed by atoms with Gasteiger partial charge in [-0.15, -0.1) is 0 Å². The molecule has 4 rings (SSSR count). The van der Waals surface area contributed by atoms with Crippen LogP contribution in [-0.4, -0.2) is 42.3 Å². The Morgan fingerprint density at radius 2 is 1.69 bits per heavy atom. The maximum atomic E-state index is 12.7. The zero-order valence-corrected chi connectivity index (χ0v) is 19.8. The van der Waals surface area contributed by atoms with E-state index in [2.05, 4.69) is 5.32 Å². The van der Waals surface area contributed by atoms with Crippen LogP contribution in [0.25, 0.3) is 0 Å². The Morgan fingerprint density at radius 1 is 1.03 bits per heavy atom. The third-order valence-corrected chi connectivity index (χ3v) is 6.80. The Bertz CT molecular complexity index is 1020. The van der Waals surface area contributed by atoms with Gasteiger partial charge < -0.3 is 14.8 Å². The van der Waals surface area contributed by atoms with Crippen LogP contribution in [0.3, 0.4) is 0 Å². The van der Waals surface area contributed by atoms with Crippen molar-refractivity contribution in [2.24, 2.45) is 9.98 Å². The molecule has 1 saturated carbocycles. The lowest BCUT2D eigenvalue weighted by atomic mass is 9.90. The molecule has 32 heavy (non-hydrogen) atoms. The molecule has 8 heteroatoms. The Morgan fingerprint density at radius 3 is 2.31 bits per heavy atom. The molecule has 1 heterocycles. The molecule has 0 saturated heterocycles. The molecule has 0 aromatic heterocycles. The number of thioether (sulfide) groups is 1. The van der Waals surface area contributed by atoms with Crippen molar-refractivity contribution in [1.29, 1.82) is 0 Å². The maximum Gasteiger partial charge on any atom is 0.234 e. The number of hydrogen-bond donors (Lipinski definition) is 1. The summed E-state index contributed by atoms with van der Waals surface area (Å²) in [5.74, 6) is 1.32. The predicted octanol–water partition coefficient (Wildman–Crippen LogP) is 5.59. The maximum absolute atomic E-state index is 12.7. The molecule has 0 unspecified atom stereocenters. The average Bonchev–Trinajstić information content (AvgIpc) is 3.15. The lowest BCUT2D eigenvalue weighted by Gasteiger charge is -2.27. The number of anilines is 1. The van der Waals surface area contributed by atoms with Crippen LogP contribution >= 0.6 is 23.4 Å². The first-order valence-corrected chi connectivity index (χ1v) is 12.0. The van der Waals surface area contributed by atoms with Gasteiger partial charge in [-0.3, -0.25) is 9.79 Å². The quantitative estimate of drug-likeness (QED) is 0.596. The van der Waals surface area contributed by atoms with Crippen LogP contribution < -0.4 is 14.8 Å². The molecule has 1 N–H and O–H groups in total. The van der Waals surface area contributed by atoms with Crippen LogP contribution in [0.1, 0.15) is 37.7 Å². The van der Waals surface area contributed by atoms with Gasteiger partial charge >= 0.3 is 0 Å². The molecule has 1 spiro atoms. The minimum atomic E-state index is -0.383. The van der Waals surface area contributed by atoms with Gasteiger partial charge in [-0.2, -0.15) is 0 Å².